The molecule has 0 bridgehead atoms. The van der Waals surface area contributed by atoms with Crippen LogP contribution >= 0.6 is 0 Å². The minimum Gasteiger partial charge on any atom is -0.481 e. The second-order valence-electron chi connectivity index (χ2n) is 5.41. The number of carboxylic acids is 2. The normalized spacial score (nSPS) is 19.8. The van der Waals surface area contributed by atoms with Crippen molar-refractivity contribution >= 4 is 11.9 Å². The van der Waals surface area contributed by atoms with Crippen molar-refractivity contribution in [2.75, 3.05) is 6.54 Å². The molecule has 6 nitrogen and oxygen atoms in total. The van der Waals surface area contributed by atoms with Gasteiger partial charge in [0.05, 0.1) is 0 Å². The summed E-state index contributed by atoms with van der Waals surface area (Å²) in [7, 11) is 0. The van der Waals surface area contributed by atoms with Crippen LogP contribution in [-0.4, -0.2) is 34.4 Å². The standard InChI is InChI=1S/C13H24N2O4/c14-13(12(18)19,15-8-4-7-11(16)17)9-10-5-2-1-3-6-10/h10,15H,1-9,14H2,(H,16,17)(H,18,19)/t13-/m0/s1. The lowest BCUT2D eigenvalue weighted by Gasteiger charge is -2.32. The van der Waals surface area contributed by atoms with Gasteiger partial charge >= 0.3 is 11.9 Å². The minimum atomic E-state index is -1.43. The Hall–Kier alpha value is -1.14. The number of carbonyl (C=O) groups is 2. The van der Waals surface area contributed by atoms with Crippen LogP contribution in [0.5, 0.6) is 0 Å². The number of rotatable bonds is 8. The summed E-state index contributed by atoms with van der Waals surface area (Å²) in [6, 6.07) is 0. The smallest absolute Gasteiger partial charge is 0.338 e. The lowest BCUT2D eigenvalue weighted by atomic mass is 9.83. The molecule has 0 radical (unpaired) electrons. The first-order valence-corrected chi connectivity index (χ1v) is 6.93. The molecular weight excluding hydrogens is 248 g/mol. The summed E-state index contributed by atoms with van der Waals surface area (Å²) >= 11 is 0. The maximum absolute atomic E-state index is 11.3. The van der Waals surface area contributed by atoms with Crippen LogP contribution in [0.25, 0.3) is 0 Å². The summed E-state index contributed by atoms with van der Waals surface area (Å²) < 4.78 is 0. The van der Waals surface area contributed by atoms with E-state index < -0.39 is 17.6 Å². The molecular formula is C13H24N2O4. The van der Waals surface area contributed by atoms with Crippen molar-refractivity contribution in [2.45, 2.75) is 57.0 Å². The van der Waals surface area contributed by atoms with Crippen molar-refractivity contribution in [1.29, 1.82) is 0 Å². The second kappa shape index (κ2) is 7.45. The second-order valence-corrected chi connectivity index (χ2v) is 5.41. The van der Waals surface area contributed by atoms with Crippen LogP contribution in [0.3, 0.4) is 0 Å². The maximum Gasteiger partial charge on any atom is 0.338 e. The summed E-state index contributed by atoms with van der Waals surface area (Å²) in [4.78, 5) is 21.7. The molecule has 0 unspecified atom stereocenters. The number of nitrogens with one attached hydrogen (secondary N) is 1. The third-order valence-electron chi connectivity index (χ3n) is 3.72. The molecule has 0 aliphatic heterocycles. The summed E-state index contributed by atoms with van der Waals surface area (Å²) in [6.45, 7) is 0.307. The van der Waals surface area contributed by atoms with Gasteiger partial charge in [-0.3, -0.25) is 10.1 Å². The zero-order valence-electron chi connectivity index (χ0n) is 11.2. The van der Waals surface area contributed by atoms with Crippen molar-refractivity contribution in [3.8, 4) is 0 Å². The maximum atomic E-state index is 11.3. The SMILES string of the molecule is N[C@@](CC1CCCCC1)(NCCCC(=O)O)C(=O)O. The van der Waals surface area contributed by atoms with Gasteiger partial charge < -0.3 is 15.9 Å². The average molecular weight is 272 g/mol. The molecule has 1 atom stereocenters. The van der Waals surface area contributed by atoms with Gasteiger partial charge in [-0.25, -0.2) is 4.79 Å². The van der Waals surface area contributed by atoms with Crippen LogP contribution < -0.4 is 11.1 Å². The Bertz CT molecular complexity index is 316. The molecule has 19 heavy (non-hydrogen) atoms. The third kappa shape index (κ3) is 5.57. The molecule has 0 aromatic carbocycles. The van der Waals surface area contributed by atoms with Gasteiger partial charge in [0.2, 0.25) is 0 Å². The first-order valence-electron chi connectivity index (χ1n) is 6.93. The van der Waals surface area contributed by atoms with Gasteiger partial charge in [0.25, 0.3) is 0 Å². The van der Waals surface area contributed by atoms with Crippen molar-refractivity contribution in [1.82, 2.24) is 5.32 Å². The highest BCUT2D eigenvalue weighted by Crippen LogP contribution is 2.29. The first-order chi connectivity index (χ1) is 8.94. The molecule has 0 aromatic rings. The van der Waals surface area contributed by atoms with Crippen LogP contribution in [0.15, 0.2) is 0 Å². The Morgan fingerprint density at radius 3 is 2.37 bits per heavy atom. The van der Waals surface area contributed by atoms with Gasteiger partial charge in [0.1, 0.15) is 0 Å². The van der Waals surface area contributed by atoms with E-state index in [1.54, 1.807) is 0 Å². The average Bonchev–Trinajstić information content (AvgIpc) is 2.35. The Morgan fingerprint density at radius 1 is 1.21 bits per heavy atom. The molecule has 5 N–H and O–H groups in total. The van der Waals surface area contributed by atoms with E-state index >= 15 is 0 Å². The fourth-order valence-corrected chi connectivity index (χ4v) is 2.63. The van der Waals surface area contributed by atoms with E-state index in [1.807, 2.05) is 0 Å². The highest BCUT2D eigenvalue weighted by Gasteiger charge is 2.36. The first kappa shape index (κ1) is 15.9. The number of aliphatic carboxylic acids is 2. The minimum absolute atomic E-state index is 0.0200. The highest BCUT2D eigenvalue weighted by atomic mass is 16.4. The lowest BCUT2D eigenvalue weighted by molar-refractivity contribution is -0.145. The van der Waals surface area contributed by atoms with E-state index in [0.717, 1.165) is 25.7 Å². The van der Waals surface area contributed by atoms with E-state index in [-0.39, 0.29) is 6.42 Å². The Morgan fingerprint density at radius 2 is 1.84 bits per heavy atom. The van der Waals surface area contributed by atoms with Crippen LogP contribution in [0.1, 0.15) is 51.4 Å². The summed E-state index contributed by atoms with van der Waals surface area (Å²) in [5.74, 6) is -1.60. The monoisotopic (exact) mass is 272 g/mol. The highest BCUT2D eigenvalue weighted by molar-refractivity contribution is 5.77. The van der Waals surface area contributed by atoms with Crippen molar-refractivity contribution < 1.29 is 19.8 Å². The molecule has 0 saturated heterocycles. The Kier molecular flexibility index (Phi) is 6.24. The van der Waals surface area contributed by atoms with Crippen LogP contribution in [0.2, 0.25) is 0 Å². The van der Waals surface area contributed by atoms with Crippen LogP contribution in [-0.2, 0) is 9.59 Å². The number of nitrogens with two attached hydrogens (primary N) is 1. The van der Waals surface area contributed by atoms with Gasteiger partial charge in [0, 0.05) is 6.42 Å². The van der Waals surface area contributed by atoms with Crippen LogP contribution in [0.4, 0.5) is 0 Å². The molecule has 1 rings (SSSR count). The van der Waals surface area contributed by atoms with Gasteiger partial charge in [-0.2, -0.15) is 0 Å². The molecule has 1 aliphatic rings. The zero-order valence-corrected chi connectivity index (χ0v) is 11.2. The Balaban J connectivity index is 2.43. The van der Waals surface area contributed by atoms with Gasteiger partial charge in [-0.05, 0) is 25.3 Å². The molecule has 0 heterocycles. The fraction of sp³-hybridized carbons (Fsp3) is 0.846. The number of carboxylic acid groups (broad SMARTS) is 2. The number of hydrogen-bond acceptors (Lipinski definition) is 4. The van der Waals surface area contributed by atoms with Gasteiger partial charge in [-0.15, -0.1) is 0 Å². The van der Waals surface area contributed by atoms with E-state index in [1.165, 1.54) is 6.42 Å². The van der Waals surface area contributed by atoms with Crippen LogP contribution in [0, 0.1) is 5.92 Å². The van der Waals surface area contributed by atoms with Gasteiger partial charge in [-0.1, -0.05) is 32.1 Å². The number of hydrogen-bond donors (Lipinski definition) is 4. The summed E-state index contributed by atoms with van der Waals surface area (Å²) in [6.07, 6.45) is 6.37. The molecule has 1 aliphatic carbocycles. The third-order valence-corrected chi connectivity index (χ3v) is 3.72. The molecule has 1 saturated carbocycles. The van der Waals surface area contributed by atoms with Crippen molar-refractivity contribution in [3.63, 3.8) is 0 Å². The van der Waals surface area contributed by atoms with Crippen molar-refractivity contribution in [2.24, 2.45) is 11.7 Å². The molecule has 6 heteroatoms. The zero-order chi connectivity index (χ0) is 14.3. The Labute approximate surface area is 113 Å². The van der Waals surface area contributed by atoms with Crippen molar-refractivity contribution in [3.05, 3.63) is 0 Å². The predicted molar refractivity (Wildman–Crippen MR) is 70.6 cm³/mol. The largest absolute Gasteiger partial charge is 0.481 e. The summed E-state index contributed by atoms with van der Waals surface area (Å²) in [5.41, 5.74) is 4.50. The van der Waals surface area contributed by atoms with E-state index in [9.17, 15) is 14.7 Å². The van der Waals surface area contributed by atoms with Gasteiger partial charge in [0.15, 0.2) is 5.66 Å². The fourth-order valence-electron chi connectivity index (χ4n) is 2.63. The van der Waals surface area contributed by atoms with E-state index in [4.69, 9.17) is 10.8 Å². The predicted octanol–water partition coefficient (Wildman–Crippen LogP) is 1.15. The summed E-state index contributed by atoms with van der Waals surface area (Å²) in [5, 5.41) is 20.6. The van der Waals surface area contributed by atoms with E-state index in [2.05, 4.69) is 5.32 Å². The molecule has 0 aromatic heterocycles. The quantitative estimate of drug-likeness (QED) is 0.389. The molecule has 0 amide bonds. The molecule has 0 spiro atoms. The molecule has 1 fully saturated rings. The molecule has 110 valence electrons. The topological polar surface area (TPSA) is 113 Å². The van der Waals surface area contributed by atoms with E-state index in [0.29, 0.717) is 25.3 Å². The lowest BCUT2D eigenvalue weighted by Crippen LogP contribution is -2.61.